The van der Waals surface area contributed by atoms with E-state index in [0.717, 1.165) is 5.56 Å². The average Bonchev–Trinajstić information content (AvgIpc) is 2.51. The molecule has 0 aliphatic rings. The molecule has 0 fully saturated rings. The third kappa shape index (κ3) is 2.68. The zero-order valence-electron chi connectivity index (χ0n) is 10.3. The van der Waals surface area contributed by atoms with Gasteiger partial charge in [-0.05, 0) is 30.3 Å². The van der Waals surface area contributed by atoms with Crippen LogP contribution in [0.25, 0.3) is 11.3 Å². The van der Waals surface area contributed by atoms with Gasteiger partial charge in [-0.25, -0.2) is 15.0 Å². The van der Waals surface area contributed by atoms with Crippen LogP contribution in [-0.2, 0) is 0 Å². The van der Waals surface area contributed by atoms with E-state index in [2.05, 4.69) is 32.4 Å². The monoisotopic (exact) mass is 280 g/mol. The molecule has 3 rings (SSSR count). The van der Waals surface area contributed by atoms with Crippen molar-refractivity contribution >= 4 is 23.4 Å². The molecular formula is C15H9ClN4. The lowest BCUT2D eigenvalue weighted by molar-refractivity contribution is 1.15. The molecule has 1 N–H and O–H groups in total. The zero-order valence-corrected chi connectivity index (χ0v) is 11.1. The molecule has 2 heterocycles. The van der Waals surface area contributed by atoms with E-state index in [1.807, 2.05) is 24.3 Å². The van der Waals surface area contributed by atoms with E-state index in [1.165, 1.54) is 0 Å². The largest absolute Gasteiger partial charge is 0.309 e. The van der Waals surface area contributed by atoms with Gasteiger partial charge in [0.2, 0.25) is 5.95 Å². The highest BCUT2D eigenvalue weighted by molar-refractivity contribution is 6.32. The Morgan fingerprint density at radius 1 is 1.10 bits per heavy atom. The Labute approximate surface area is 121 Å². The van der Waals surface area contributed by atoms with E-state index in [-0.39, 0.29) is 0 Å². The first-order valence-electron chi connectivity index (χ1n) is 5.92. The Bertz CT molecular complexity index is 702. The van der Waals surface area contributed by atoms with Crippen molar-refractivity contribution in [2.75, 3.05) is 5.32 Å². The standard InChI is InChI=1S/C15H9ClN4/c16-12-10-18-15(19-13-8-4-5-9-17-13)20-14(12)11-6-2-1-3-7-11/h2,4-10H,(H,17,18,19,20). The van der Waals surface area contributed by atoms with E-state index < -0.39 is 0 Å². The SMILES string of the molecule is Clc1cnc(Nc2ccccn2)nc1-c1cc#ccc1. The first-order chi connectivity index (χ1) is 9.83. The van der Waals surface area contributed by atoms with Gasteiger partial charge in [-0.15, -0.1) is 0 Å². The van der Waals surface area contributed by atoms with Gasteiger partial charge >= 0.3 is 0 Å². The van der Waals surface area contributed by atoms with Crippen molar-refractivity contribution < 1.29 is 0 Å². The van der Waals surface area contributed by atoms with E-state index in [0.29, 0.717) is 22.5 Å². The lowest BCUT2D eigenvalue weighted by Crippen LogP contribution is -1.99. The third-order valence-corrected chi connectivity index (χ3v) is 2.86. The molecule has 1 aromatic carbocycles. The number of nitrogens with one attached hydrogen (secondary N) is 1. The molecule has 0 unspecified atom stereocenters. The molecule has 0 amide bonds. The summed E-state index contributed by atoms with van der Waals surface area (Å²) in [6.07, 6.45) is 3.26. The first kappa shape index (κ1) is 12.4. The van der Waals surface area contributed by atoms with Crippen LogP contribution in [0.3, 0.4) is 0 Å². The molecule has 3 aromatic rings. The van der Waals surface area contributed by atoms with Crippen molar-refractivity contribution in [2.45, 2.75) is 0 Å². The second kappa shape index (κ2) is 5.55. The summed E-state index contributed by atoms with van der Waals surface area (Å²) in [5, 5.41) is 3.51. The van der Waals surface area contributed by atoms with Gasteiger partial charge in [0.05, 0.1) is 16.9 Å². The van der Waals surface area contributed by atoms with Crippen molar-refractivity contribution in [1.82, 2.24) is 15.0 Å². The summed E-state index contributed by atoms with van der Waals surface area (Å²) in [4.78, 5) is 12.7. The number of aromatic nitrogens is 3. The lowest BCUT2D eigenvalue weighted by Gasteiger charge is -2.07. The van der Waals surface area contributed by atoms with Gasteiger partial charge < -0.3 is 5.32 Å². The molecular weight excluding hydrogens is 272 g/mol. The molecule has 0 radical (unpaired) electrons. The maximum Gasteiger partial charge on any atom is 0.228 e. The molecule has 0 atom stereocenters. The number of pyridine rings is 1. The van der Waals surface area contributed by atoms with E-state index in [4.69, 9.17) is 11.6 Å². The normalized spacial score (nSPS) is 9.85. The fraction of sp³-hybridized carbons (Fsp3) is 0. The van der Waals surface area contributed by atoms with Crippen molar-refractivity contribution in [3.05, 3.63) is 65.9 Å². The van der Waals surface area contributed by atoms with E-state index in [1.54, 1.807) is 24.5 Å². The summed E-state index contributed by atoms with van der Waals surface area (Å²) in [7, 11) is 0. The van der Waals surface area contributed by atoms with Crippen LogP contribution in [0.4, 0.5) is 11.8 Å². The Hall–Kier alpha value is -2.64. The molecule has 4 nitrogen and oxygen atoms in total. The number of nitrogens with zero attached hydrogens (tertiary/aromatic N) is 3. The van der Waals surface area contributed by atoms with Crippen LogP contribution < -0.4 is 5.32 Å². The number of halogens is 1. The minimum Gasteiger partial charge on any atom is -0.309 e. The smallest absolute Gasteiger partial charge is 0.228 e. The summed E-state index contributed by atoms with van der Waals surface area (Å²) in [5.74, 6) is 1.12. The average molecular weight is 281 g/mol. The van der Waals surface area contributed by atoms with Crippen molar-refractivity contribution in [1.29, 1.82) is 0 Å². The van der Waals surface area contributed by atoms with Crippen LogP contribution >= 0.6 is 11.6 Å². The maximum absolute atomic E-state index is 6.14. The summed E-state index contributed by atoms with van der Waals surface area (Å²) in [6, 6.07) is 16.7. The third-order valence-electron chi connectivity index (χ3n) is 2.58. The molecule has 2 aromatic heterocycles. The molecule has 0 bridgehead atoms. The highest BCUT2D eigenvalue weighted by Crippen LogP contribution is 2.25. The van der Waals surface area contributed by atoms with E-state index in [9.17, 15) is 0 Å². The van der Waals surface area contributed by atoms with Gasteiger partial charge in [-0.1, -0.05) is 29.8 Å². The number of hydrogen-bond donors (Lipinski definition) is 1. The fourth-order valence-corrected chi connectivity index (χ4v) is 1.88. The number of anilines is 2. The maximum atomic E-state index is 6.14. The highest BCUT2D eigenvalue weighted by Gasteiger charge is 2.08. The molecule has 0 saturated heterocycles. The predicted octanol–water partition coefficient (Wildman–Crippen LogP) is 3.54. The number of rotatable bonds is 3. The number of hydrogen-bond acceptors (Lipinski definition) is 4. The minimum atomic E-state index is 0.441. The van der Waals surface area contributed by atoms with Gasteiger partial charge in [0.15, 0.2) is 0 Å². The Balaban J connectivity index is 1.95. The van der Waals surface area contributed by atoms with Crippen molar-refractivity contribution in [3.63, 3.8) is 0 Å². The predicted molar refractivity (Wildman–Crippen MR) is 77.7 cm³/mol. The minimum absolute atomic E-state index is 0.441. The quantitative estimate of drug-likeness (QED) is 0.797. The molecule has 0 aliphatic carbocycles. The fourth-order valence-electron chi connectivity index (χ4n) is 1.68. The van der Waals surface area contributed by atoms with Crippen LogP contribution in [0.2, 0.25) is 5.02 Å². The van der Waals surface area contributed by atoms with Gasteiger partial charge in [-0.2, -0.15) is 0 Å². The molecule has 5 heteroatoms. The van der Waals surface area contributed by atoms with Crippen LogP contribution in [0.1, 0.15) is 0 Å². The Morgan fingerprint density at radius 2 is 2.05 bits per heavy atom. The Morgan fingerprint density at radius 3 is 2.80 bits per heavy atom. The Kier molecular flexibility index (Phi) is 3.44. The topological polar surface area (TPSA) is 50.7 Å². The molecule has 0 saturated carbocycles. The molecule has 96 valence electrons. The lowest BCUT2D eigenvalue weighted by atomic mass is 10.2. The first-order valence-corrected chi connectivity index (χ1v) is 6.29. The summed E-state index contributed by atoms with van der Waals surface area (Å²) >= 11 is 6.14. The molecule has 0 aliphatic heterocycles. The van der Waals surface area contributed by atoms with Gasteiger partial charge in [0, 0.05) is 11.8 Å². The second-order valence-corrected chi connectivity index (χ2v) is 4.36. The van der Waals surface area contributed by atoms with Gasteiger partial charge in [-0.3, -0.25) is 0 Å². The molecule has 0 spiro atoms. The molecule has 20 heavy (non-hydrogen) atoms. The van der Waals surface area contributed by atoms with Gasteiger partial charge in [0.25, 0.3) is 0 Å². The summed E-state index contributed by atoms with van der Waals surface area (Å²) in [5.41, 5.74) is 1.51. The second-order valence-electron chi connectivity index (χ2n) is 3.95. The summed E-state index contributed by atoms with van der Waals surface area (Å²) in [6.45, 7) is 0. The summed E-state index contributed by atoms with van der Waals surface area (Å²) < 4.78 is 0. The van der Waals surface area contributed by atoms with Gasteiger partial charge in [0.1, 0.15) is 5.82 Å². The van der Waals surface area contributed by atoms with E-state index >= 15 is 0 Å². The highest BCUT2D eigenvalue weighted by atomic mass is 35.5. The zero-order chi connectivity index (χ0) is 13.8. The van der Waals surface area contributed by atoms with Crippen molar-refractivity contribution in [2.24, 2.45) is 0 Å². The van der Waals surface area contributed by atoms with Crippen molar-refractivity contribution in [3.8, 4) is 11.3 Å². The van der Waals surface area contributed by atoms with Crippen LogP contribution in [0.5, 0.6) is 0 Å². The van der Waals surface area contributed by atoms with Crippen LogP contribution in [0, 0.1) is 12.1 Å². The van der Waals surface area contributed by atoms with Crippen LogP contribution in [-0.4, -0.2) is 15.0 Å². The van der Waals surface area contributed by atoms with Crippen LogP contribution in [0.15, 0.2) is 48.8 Å².